The highest BCUT2D eigenvalue weighted by Gasteiger charge is 2.80. The number of carbonyl (C=O) groups excluding carboxylic acids is 2. The van der Waals surface area contributed by atoms with Crippen LogP contribution in [0.2, 0.25) is 0 Å². The highest BCUT2D eigenvalue weighted by molar-refractivity contribution is 7.20. The lowest BCUT2D eigenvalue weighted by atomic mass is 9.91. The fourth-order valence-electron chi connectivity index (χ4n) is 8.71. The van der Waals surface area contributed by atoms with Gasteiger partial charge in [-0.1, -0.05) is 36.4 Å². The van der Waals surface area contributed by atoms with Crippen molar-refractivity contribution in [2.45, 2.75) is 31.6 Å². The second-order valence-electron chi connectivity index (χ2n) is 16.2. The summed E-state index contributed by atoms with van der Waals surface area (Å²) in [5.74, 6) is -18.5. The molecule has 2 amide bonds. The molecule has 10 aromatic rings. The van der Waals surface area contributed by atoms with Crippen LogP contribution in [0.5, 0.6) is 0 Å². The van der Waals surface area contributed by atoms with Gasteiger partial charge in [0.15, 0.2) is 9.60 Å². The van der Waals surface area contributed by atoms with Crippen molar-refractivity contribution in [2.75, 3.05) is 0 Å². The molecule has 6 nitrogen and oxygen atoms in total. The number of hydrogen-bond donors (Lipinski definition) is 0. The van der Waals surface area contributed by atoms with E-state index in [0.29, 0.717) is 53.0 Å². The molecule has 6 aromatic heterocycles. The number of benzene rings is 4. The Bertz CT molecular complexity index is 3690. The first kappa shape index (κ1) is 46.9. The zero-order valence-corrected chi connectivity index (χ0v) is 41.2. The predicted octanol–water partition coefficient (Wildman–Crippen LogP) is 15.5. The molecule has 0 radical (unpaired) electrons. The Morgan fingerprint density at radius 3 is 1.28 bits per heavy atom. The van der Waals surface area contributed by atoms with Crippen LogP contribution in [-0.2, 0) is 0 Å². The second kappa shape index (κ2) is 17.4. The summed E-state index contributed by atoms with van der Waals surface area (Å²) in [7, 11) is 0. The average molecular weight is 1070 g/mol. The third-order valence-corrected chi connectivity index (χ3v) is 17.4. The van der Waals surface area contributed by atoms with Gasteiger partial charge in [0.2, 0.25) is 0 Å². The minimum absolute atomic E-state index is 0.0410. The molecule has 0 saturated heterocycles. The van der Waals surface area contributed by atoms with E-state index in [0.717, 1.165) is 45.3 Å². The molecule has 0 atom stereocenters. The largest absolute Gasteiger partial charge is 0.380 e. The molecule has 1 aliphatic carbocycles. The summed E-state index contributed by atoms with van der Waals surface area (Å²) in [4.78, 5) is 36.4. The molecule has 6 heterocycles. The molecule has 71 heavy (non-hydrogen) atoms. The Morgan fingerprint density at radius 2 is 0.915 bits per heavy atom. The Balaban J connectivity index is 1.06. The maximum absolute atomic E-state index is 16.6. The van der Waals surface area contributed by atoms with Crippen molar-refractivity contribution in [3.63, 3.8) is 0 Å². The number of aromatic nitrogens is 2. The van der Waals surface area contributed by atoms with Crippen LogP contribution in [0.25, 0.3) is 65.2 Å². The van der Waals surface area contributed by atoms with Crippen LogP contribution in [-0.4, -0.2) is 38.7 Å². The summed E-state index contributed by atoms with van der Waals surface area (Å²) in [5, 5.41) is 6.96. The predicted molar refractivity (Wildman–Crippen MR) is 268 cm³/mol. The van der Waals surface area contributed by atoms with Gasteiger partial charge >= 0.3 is 17.8 Å². The summed E-state index contributed by atoms with van der Waals surface area (Å²) in [6.07, 6.45) is 0. The van der Waals surface area contributed by atoms with Crippen molar-refractivity contribution < 1.29 is 44.7 Å². The van der Waals surface area contributed by atoms with Gasteiger partial charge in [-0.2, -0.15) is 36.3 Å². The van der Waals surface area contributed by atoms with Crippen molar-refractivity contribution in [2.24, 2.45) is 9.98 Å². The first-order valence-electron chi connectivity index (χ1n) is 21.1. The number of alkyl halides is 6. The van der Waals surface area contributed by atoms with Gasteiger partial charge in [0.25, 0.3) is 11.8 Å². The monoisotopic (exact) mass is 1070 g/mol. The van der Waals surface area contributed by atoms with Gasteiger partial charge in [-0.05, 0) is 97.4 Å². The Morgan fingerprint density at radius 1 is 0.521 bits per heavy atom. The van der Waals surface area contributed by atoms with Crippen molar-refractivity contribution in [1.29, 1.82) is 0 Å². The molecule has 4 aromatic carbocycles. The van der Waals surface area contributed by atoms with Gasteiger partial charge in [-0.15, -0.1) is 68.0 Å². The molecule has 0 unspecified atom stereocenters. The molecule has 0 bridgehead atoms. The number of nitrogens with zero attached hydrogens (tertiary/aromatic N) is 4. The number of aryl methyl sites for hydroxylation is 2. The van der Waals surface area contributed by atoms with Crippen LogP contribution >= 0.6 is 68.0 Å². The molecular formula is C51H28F8N4O2S6. The average Bonchev–Trinajstić information content (AvgIpc) is 4.22. The van der Waals surface area contributed by atoms with Crippen LogP contribution in [0.15, 0.2) is 141 Å². The number of halogens is 8. The number of thiophene rings is 4. The smallest absolute Gasteiger partial charge is 0.285 e. The number of fused-ring (bicyclic) bond motifs is 2. The molecule has 0 saturated carbocycles. The van der Waals surface area contributed by atoms with Crippen molar-refractivity contribution >= 4 is 111 Å². The number of thiazole rings is 2. The van der Waals surface area contributed by atoms with E-state index in [9.17, 15) is 18.4 Å². The highest BCUT2D eigenvalue weighted by atomic mass is 32.1. The lowest BCUT2D eigenvalue weighted by molar-refractivity contribution is -0.254. The number of carbonyl (C=O) groups is 2. The fourth-order valence-corrected chi connectivity index (χ4v) is 14.0. The van der Waals surface area contributed by atoms with Gasteiger partial charge in [-0.3, -0.25) is 18.7 Å². The summed E-state index contributed by atoms with van der Waals surface area (Å²) < 4.78 is 131. The molecule has 20 heteroatoms. The summed E-state index contributed by atoms with van der Waals surface area (Å²) >= 11 is 6.59. The lowest BCUT2D eigenvalue weighted by Gasteiger charge is -2.26. The van der Waals surface area contributed by atoms with E-state index in [1.165, 1.54) is 97.2 Å². The molecular weight excluding hydrogens is 1040 g/mol. The third kappa shape index (κ3) is 7.65. The first-order valence-corrected chi connectivity index (χ1v) is 26.2. The minimum Gasteiger partial charge on any atom is -0.285 e. The van der Waals surface area contributed by atoms with Crippen LogP contribution < -0.4 is 9.60 Å². The zero-order chi connectivity index (χ0) is 49.7. The van der Waals surface area contributed by atoms with E-state index in [2.05, 4.69) is 9.98 Å². The topological polar surface area (TPSA) is 68.7 Å². The van der Waals surface area contributed by atoms with E-state index in [1.807, 2.05) is 0 Å². The standard InChI is InChI=1S/C51H28F8N4O2S6/c1-25-41(33-17-7-27(21-39(33)70-25)35-23-68-47(60-45(64)37-5-3-19-66-37)62(35)31-13-9-29(52)10-14-31)43-44(50(56,57)51(58,59)49(43,54)55)42-26(2)71-40-22-28(8-18-34(40)42)36-24-69-48(61-46(65)38-6-4-20-67-38)63(36)32-15-11-30(53)12-16-32/h3-24H,1-2H3. The Hall–Kier alpha value is -6.42. The van der Waals surface area contributed by atoms with E-state index in [-0.39, 0.29) is 30.1 Å². The molecule has 11 rings (SSSR count). The minimum atomic E-state index is -5.83. The van der Waals surface area contributed by atoms with Crippen LogP contribution in [0.3, 0.4) is 0 Å². The van der Waals surface area contributed by atoms with Crippen molar-refractivity contribution in [1.82, 2.24) is 9.13 Å². The van der Waals surface area contributed by atoms with Crippen LogP contribution in [0.4, 0.5) is 35.1 Å². The Kier molecular flexibility index (Phi) is 11.5. The SMILES string of the molecule is Cc1sc2cc(-c3csc(=NC(=O)c4cccs4)n3-c3ccc(F)cc3)ccc2c1C1=C(c2c(C)sc3cc(-c4csc(=NC(=O)c5cccs5)n4-c4ccc(F)cc4)ccc23)C(F)(F)C(F)(F)C1(F)F. The van der Waals surface area contributed by atoms with Crippen LogP contribution in [0.1, 0.15) is 40.2 Å². The lowest BCUT2D eigenvalue weighted by Crippen LogP contribution is -2.48. The molecule has 1 aliphatic rings. The van der Waals surface area contributed by atoms with E-state index < -0.39 is 63.5 Å². The number of hydrogen-bond acceptors (Lipinski definition) is 8. The van der Waals surface area contributed by atoms with Gasteiger partial charge < -0.3 is 0 Å². The fraction of sp³-hybridized carbons (Fsp3) is 0.0980. The summed E-state index contributed by atoms with van der Waals surface area (Å²) in [5.41, 5.74) is -1.03. The Labute approximate surface area is 420 Å². The van der Waals surface area contributed by atoms with Crippen molar-refractivity contribution in [3.8, 4) is 33.9 Å². The van der Waals surface area contributed by atoms with E-state index >= 15 is 26.3 Å². The molecule has 0 N–H and O–H groups in total. The van der Waals surface area contributed by atoms with E-state index in [1.54, 1.807) is 79.2 Å². The first-order chi connectivity index (χ1) is 33.9. The molecule has 0 fully saturated rings. The maximum atomic E-state index is 16.6. The van der Waals surface area contributed by atoms with Gasteiger partial charge in [0, 0.05) is 85.5 Å². The third-order valence-electron chi connectivity index (χ3n) is 11.9. The summed E-state index contributed by atoms with van der Waals surface area (Å²) in [6, 6.07) is 26.8. The number of amides is 2. The molecule has 0 aliphatic heterocycles. The van der Waals surface area contributed by atoms with Gasteiger partial charge in [0.1, 0.15) is 11.6 Å². The molecule has 0 spiro atoms. The quantitative estimate of drug-likeness (QED) is 0.142. The molecule has 356 valence electrons. The van der Waals surface area contributed by atoms with E-state index in [4.69, 9.17) is 0 Å². The number of allylic oxidation sites excluding steroid dienone is 2. The summed E-state index contributed by atoms with van der Waals surface area (Å²) in [6.45, 7) is 2.84. The second-order valence-corrected chi connectivity index (χ2v) is 22.3. The highest BCUT2D eigenvalue weighted by Crippen LogP contribution is 2.67. The zero-order valence-electron chi connectivity index (χ0n) is 36.3. The normalized spacial score (nSPS) is 15.7. The number of rotatable bonds is 8. The van der Waals surface area contributed by atoms with Gasteiger partial charge in [-0.25, -0.2) is 8.78 Å². The maximum Gasteiger partial charge on any atom is 0.380 e. The van der Waals surface area contributed by atoms with Gasteiger partial charge in [0.05, 0.1) is 21.1 Å². The van der Waals surface area contributed by atoms with Crippen LogP contribution in [0, 0.1) is 25.5 Å². The van der Waals surface area contributed by atoms with Crippen molar-refractivity contribution in [3.05, 3.63) is 183 Å².